The standard InChI is InChI=1S/C14H18BrF3N2/c15-12-6-5-10(8-11(12)14(16,17)18)13(20-19)7-9-3-1-2-4-9/h5-6,8-9,13,20H,1-4,7,19H2. The lowest BCUT2D eigenvalue weighted by atomic mass is 9.93. The van der Waals surface area contributed by atoms with Crippen molar-refractivity contribution in [1.29, 1.82) is 0 Å². The van der Waals surface area contributed by atoms with Crippen LogP contribution in [0.5, 0.6) is 0 Å². The van der Waals surface area contributed by atoms with Crippen molar-refractivity contribution in [3.05, 3.63) is 33.8 Å². The van der Waals surface area contributed by atoms with Crippen LogP contribution in [-0.4, -0.2) is 0 Å². The molecule has 6 heteroatoms. The summed E-state index contributed by atoms with van der Waals surface area (Å²) >= 11 is 2.95. The molecule has 1 aromatic rings. The van der Waals surface area contributed by atoms with E-state index in [9.17, 15) is 13.2 Å². The Kier molecular flexibility index (Phi) is 5.09. The molecule has 1 fully saturated rings. The normalized spacial score (nSPS) is 18.4. The van der Waals surface area contributed by atoms with Crippen molar-refractivity contribution in [3.63, 3.8) is 0 Å². The molecule has 1 unspecified atom stereocenters. The fourth-order valence-corrected chi connectivity index (χ4v) is 3.33. The number of rotatable bonds is 4. The van der Waals surface area contributed by atoms with E-state index in [0.29, 0.717) is 11.5 Å². The van der Waals surface area contributed by atoms with Crippen LogP contribution >= 0.6 is 15.9 Å². The van der Waals surface area contributed by atoms with Gasteiger partial charge in [0, 0.05) is 10.5 Å². The highest BCUT2D eigenvalue weighted by molar-refractivity contribution is 9.10. The second-order valence-electron chi connectivity index (χ2n) is 5.34. The molecule has 0 heterocycles. The van der Waals surface area contributed by atoms with Crippen LogP contribution in [0.25, 0.3) is 0 Å². The number of hydrazine groups is 1. The van der Waals surface area contributed by atoms with Gasteiger partial charge < -0.3 is 0 Å². The summed E-state index contributed by atoms with van der Waals surface area (Å²) in [6.45, 7) is 0. The molecule has 2 rings (SSSR count). The average molecular weight is 351 g/mol. The maximum absolute atomic E-state index is 12.9. The van der Waals surface area contributed by atoms with Crippen LogP contribution in [0.1, 0.15) is 49.3 Å². The van der Waals surface area contributed by atoms with Gasteiger partial charge in [-0.25, -0.2) is 0 Å². The van der Waals surface area contributed by atoms with E-state index >= 15 is 0 Å². The summed E-state index contributed by atoms with van der Waals surface area (Å²) in [6, 6.07) is 4.09. The Labute approximate surface area is 125 Å². The molecule has 2 nitrogen and oxygen atoms in total. The summed E-state index contributed by atoms with van der Waals surface area (Å²) in [6.07, 6.45) is 1.12. The number of halogens is 4. The monoisotopic (exact) mass is 350 g/mol. The highest BCUT2D eigenvalue weighted by atomic mass is 79.9. The van der Waals surface area contributed by atoms with Crippen molar-refractivity contribution in [2.45, 2.75) is 44.3 Å². The van der Waals surface area contributed by atoms with Crippen LogP contribution < -0.4 is 11.3 Å². The van der Waals surface area contributed by atoms with Crippen molar-refractivity contribution in [2.75, 3.05) is 0 Å². The van der Waals surface area contributed by atoms with Gasteiger partial charge in [0.2, 0.25) is 0 Å². The van der Waals surface area contributed by atoms with Crippen molar-refractivity contribution in [3.8, 4) is 0 Å². The Morgan fingerprint density at radius 2 is 1.95 bits per heavy atom. The SMILES string of the molecule is NNC(CC1CCCC1)c1ccc(Br)c(C(F)(F)F)c1. The van der Waals surface area contributed by atoms with Crippen molar-refractivity contribution in [1.82, 2.24) is 5.43 Å². The first kappa shape index (κ1) is 15.8. The zero-order valence-corrected chi connectivity index (χ0v) is 12.6. The van der Waals surface area contributed by atoms with Crippen molar-refractivity contribution in [2.24, 2.45) is 11.8 Å². The van der Waals surface area contributed by atoms with E-state index in [1.807, 2.05) is 0 Å². The molecule has 1 saturated carbocycles. The van der Waals surface area contributed by atoms with E-state index in [2.05, 4.69) is 21.4 Å². The van der Waals surface area contributed by atoms with Gasteiger partial charge >= 0.3 is 6.18 Å². The molecule has 20 heavy (non-hydrogen) atoms. The summed E-state index contributed by atoms with van der Waals surface area (Å²) in [5, 5.41) is 0. The maximum atomic E-state index is 12.9. The number of alkyl halides is 3. The highest BCUT2D eigenvalue weighted by Crippen LogP contribution is 2.38. The van der Waals surface area contributed by atoms with Gasteiger partial charge in [0.05, 0.1) is 5.56 Å². The Hall–Kier alpha value is -0.590. The number of benzene rings is 1. The molecule has 0 saturated heterocycles. The highest BCUT2D eigenvalue weighted by Gasteiger charge is 2.33. The van der Waals surface area contributed by atoms with Gasteiger partial charge in [-0.2, -0.15) is 13.2 Å². The molecule has 1 aliphatic carbocycles. The molecule has 3 N–H and O–H groups in total. The molecular formula is C14H18BrF3N2. The third-order valence-electron chi connectivity index (χ3n) is 3.94. The van der Waals surface area contributed by atoms with Gasteiger partial charge in [0.15, 0.2) is 0 Å². The smallest absolute Gasteiger partial charge is 0.271 e. The second-order valence-corrected chi connectivity index (χ2v) is 6.20. The lowest BCUT2D eigenvalue weighted by Crippen LogP contribution is -2.29. The summed E-state index contributed by atoms with van der Waals surface area (Å²) in [4.78, 5) is 0. The van der Waals surface area contributed by atoms with E-state index in [4.69, 9.17) is 5.84 Å². The predicted molar refractivity (Wildman–Crippen MR) is 75.8 cm³/mol. The lowest BCUT2D eigenvalue weighted by Gasteiger charge is -2.21. The minimum atomic E-state index is -4.36. The van der Waals surface area contributed by atoms with Gasteiger partial charge in [-0.05, 0) is 30.0 Å². The summed E-state index contributed by atoms with van der Waals surface area (Å²) in [5.74, 6) is 6.09. The van der Waals surface area contributed by atoms with Gasteiger partial charge in [0.25, 0.3) is 0 Å². The summed E-state index contributed by atoms with van der Waals surface area (Å²) in [5.41, 5.74) is 2.60. The lowest BCUT2D eigenvalue weighted by molar-refractivity contribution is -0.138. The summed E-state index contributed by atoms with van der Waals surface area (Å²) in [7, 11) is 0. The van der Waals surface area contributed by atoms with E-state index in [1.54, 1.807) is 6.07 Å². The van der Waals surface area contributed by atoms with Crippen LogP contribution in [0.3, 0.4) is 0 Å². The molecule has 1 atom stereocenters. The maximum Gasteiger partial charge on any atom is 0.417 e. The minimum absolute atomic E-state index is 0.0605. The predicted octanol–water partition coefficient (Wildman–Crippen LogP) is 4.55. The Morgan fingerprint density at radius 3 is 2.50 bits per heavy atom. The van der Waals surface area contributed by atoms with Gasteiger partial charge in [-0.1, -0.05) is 47.7 Å². The number of nitrogens with two attached hydrogens (primary N) is 1. The molecule has 0 bridgehead atoms. The number of hydrogen-bond acceptors (Lipinski definition) is 2. The number of hydrogen-bond donors (Lipinski definition) is 2. The fraction of sp³-hybridized carbons (Fsp3) is 0.571. The molecule has 0 aliphatic heterocycles. The fourth-order valence-electron chi connectivity index (χ4n) is 2.86. The summed E-state index contributed by atoms with van der Waals surface area (Å²) < 4.78 is 38.8. The molecule has 0 amide bonds. The van der Waals surface area contributed by atoms with Crippen LogP contribution in [-0.2, 0) is 6.18 Å². The van der Waals surface area contributed by atoms with Gasteiger partial charge in [0.1, 0.15) is 0 Å². The first-order chi connectivity index (χ1) is 9.41. The zero-order valence-electron chi connectivity index (χ0n) is 11.0. The van der Waals surface area contributed by atoms with Gasteiger partial charge in [-0.3, -0.25) is 11.3 Å². The third-order valence-corrected chi connectivity index (χ3v) is 4.63. The minimum Gasteiger partial charge on any atom is -0.271 e. The zero-order chi connectivity index (χ0) is 14.8. The van der Waals surface area contributed by atoms with E-state index < -0.39 is 11.7 Å². The first-order valence-corrected chi connectivity index (χ1v) is 7.54. The largest absolute Gasteiger partial charge is 0.417 e. The molecular weight excluding hydrogens is 333 g/mol. The van der Waals surface area contributed by atoms with Crippen molar-refractivity contribution >= 4 is 15.9 Å². The van der Waals surface area contributed by atoms with Gasteiger partial charge in [-0.15, -0.1) is 0 Å². The molecule has 1 aromatic carbocycles. The molecule has 0 aromatic heterocycles. The molecule has 1 aliphatic rings. The quantitative estimate of drug-likeness (QED) is 0.617. The van der Waals surface area contributed by atoms with Crippen LogP contribution in [0.4, 0.5) is 13.2 Å². The first-order valence-electron chi connectivity index (χ1n) is 6.74. The van der Waals surface area contributed by atoms with Crippen LogP contribution in [0.15, 0.2) is 22.7 Å². The number of nitrogens with one attached hydrogen (secondary N) is 1. The Balaban J connectivity index is 2.21. The third kappa shape index (κ3) is 3.74. The molecule has 0 radical (unpaired) electrons. The Bertz CT molecular complexity index is 456. The van der Waals surface area contributed by atoms with E-state index in [0.717, 1.165) is 19.3 Å². The van der Waals surface area contributed by atoms with Crippen LogP contribution in [0.2, 0.25) is 0 Å². The molecule has 0 spiro atoms. The topological polar surface area (TPSA) is 38.0 Å². The van der Waals surface area contributed by atoms with E-state index in [1.165, 1.54) is 25.0 Å². The van der Waals surface area contributed by atoms with Crippen LogP contribution in [0, 0.1) is 5.92 Å². The second kappa shape index (κ2) is 6.45. The van der Waals surface area contributed by atoms with Crippen molar-refractivity contribution < 1.29 is 13.2 Å². The Morgan fingerprint density at radius 1 is 1.30 bits per heavy atom. The van der Waals surface area contributed by atoms with E-state index in [-0.39, 0.29) is 10.5 Å². The molecule has 112 valence electrons. The average Bonchev–Trinajstić information content (AvgIpc) is 2.88.